The Morgan fingerprint density at radius 3 is 2.52 bits per heavy atom. The van der Waals surface area contributed by atoms with E-state index in [1.54, 1.807) is 11.8 Å². The van der Waals surface area contributed by atoms with Crippen LogP contribution in [0.15, 0.2) is 29.2 Å². The zero-order valence-corrected chi connectivity index (χ0v) is 13.7. The van der Waals surface area contributed by atoms with Gasteiger partial charge in [-0.1, -0.05) is 24.6 Å². The summed E-state index contributed by atoms with van der Waals surface area (Å²) in [6.07, 6.45) is 3.91. The summed E-state index contributed by atoms with van der Waals surface area (Å²) < 4.78 is 0. The Bertz CT molecular complexity index is 464. The molecule has 1 aromatic rings. The molecule has 3 nitrogen and oxygen atoms in total. The fourth-order valence-electron chi connectivity index (χ4n) is 2.75. The van der Waals surface area contributed by atoms with Crippen molar-refractivity contribution in [1.82, 2.24) is 5.32 Å². The van der Waals surface area contributed by atoms with Crippen molar-refractivity contribution in [3.05, 3.63) is 29.8 Å². The third-order valence-corrected chi connectivity index (χ3v) is 5.34. The molecule has 1 aliphatic carbocycles. The zero-order valence-electron chi connectivity index (χ0n) is 12.9. The molecule has 21 heavy (non-hydrogen) atoms. The van der Waals surface area contributed by atoms with Gasteiger partial charge in [0.15, 0.2) is 0 Å². The molecule has 0 unspecified atom stereocenters. The standard InChI is InChI=1S/C17H25NO2S/c1-13-3-5-15(6-4-13)21-11-16(20)18-17(12-19)9-7-14(2)8-10-17/h3-6,14,19H,7-12H2,1-2H3,(H,18,20). The van der Waals surface area contributed by atoms with Gasteiger partial charge < -0.3 is 10.4 Å². The highest BCUT2D eigenvalue weighted by Crippen LogP contribution is 2.31. The lowest BCUT2D eigenvalue weighted by Crippen LogP contribution is -2.53. The van der Waals surface area contributed by atoms with Crippen LogP contribution in [-0.2, 0) is 4.79 Å². The monoisotopic (exact) mass is 307 g/mol. The molecule has 0 heterocycles. The van der Waals surface area contributed by atoms with E-state index >= 15 is 0 Å². The number of carbonyl (C=O) groups is 1. The Morgan fingerprint density at radius 1 is 1.33 bits per heavy atom. The zero-order chi connectivity index (χ0) is 15.3. The molecule has 1 fully saturated rings. The van der Waals surface area contributed by atoms with Crippen molar-refractivity contribution < 1.29 is 9.90 Å². The van der Waals surface area contributed by atoms with Gasteiger partial charge in [0.2, 0.25) is 5.91 Å². The van der Waals surface area contributed by atoms with Gasteiger partial charge in [-0.05, 0) is 50.7 Å². The molecule has 2 rings (SSSR count). The van der Waals surface area contributed by atoms with Crippen LogP contribution in [0.25, 0.3) is 0 Å². The molecule has 0 radical (unpaired) electrons. The first kappa shape index (κ1) is 16.4. The summed E-state index contributed by atoms with van der Waals surface area (Å²) in [6, 6.07) is 8.19. The number of hydrogen-bond acceptors (Lipinski definition) is 3. The number of hydrogen-bond donors (Lipinski definition) is 2. The van der Waals surface area contributed by atoms with E-state index in [0.29, 0.717) is 11.7 Å². The number of thioether (sulfide) groups is 1. The summed E-state index contributed by atoms with van der Waals surface area (Å²) in [5.41, 5.74) is 0.830. The minimum absolute atomic E-state index is 0.0178. The minimum atomic E-state index is -0.391. The lowest BCUT2D eigenvalue weighted by Gasteiger charge is -2.38. The quantitative estimate of drug-likeness (QED) is 0.822. The smallest absolute Gasteiger partial charge is 0.230 e. The van der Waals surface area contributed by atoms with Crippen molar-refractivity contribution in [2.75, 3.05) is 12.4 Å². The van der Waals surface area contributed by atoms with E-state index in [9.17, 15) is 9.90 Å². The van der Waals surface area contributed by atoms with Crippen molar-refractivity contribution in [2.24, 2.45) is 5.92 Å². The van der Waals surface area contributed by atoms with Crippen LogP contribution in [0.1, 0.15) is 38.2 Å². The normalized spacial score (nSPS) is 25.6. The first-order valence-corrected chi connectivity index (χ1v) is 8.63. The highest BCUT2D eigenvalue weighted by molar-refractivity contribution is 8.00. The van der Waals surface area contributed by atoms with Crippen molar-refractivity contribution >= 4 is 17.7 Å². The van der Waals surface area contributed by atoms with Gasteiger partial charge in [-0.15, -0.1) is 11.8 Å². The SMILES string of the molecule is Cc1ccc(SCC(=O)NC2(CO)CCC(C)CC2)cc1. The topological polar surface area (TPSA) is 49.3 Å². The van der Waals surface area contributed by atoms with Gasteiger partial charge in [-0.25, -0.2) is 0 Å². The largest absolute Gasteiger partial charge is 0.394 e. The second kappa shape index (κ2) is 7.32. The van der Waals surface area contributed by atoms with Gasteiger partial charge in [0.05, 0.1) is 17.9 Å². The number of nitrogens with one attached hydrogen (secondary N) is 1. The summed E-state index contributed by atoms with van der Waals surface area (Å²) in [4.78, 5) is 13.3. The number of carbonyl (C=O) groups excluding carboxylic acids is 1. The van der Waals surface area contributed by atoms with Crippen LogP contribution in [0.4, 0.5) is 0 Å². The molecule has 2 N–H and O–H groups in total. The molecule has 0 saturated heterocycles. The van der Waals surface area contributed by atoms with Crippen molar-refractivity contribution in [3.8, 4) is 0 Å². The molecule has 0 atom stereocenters. The van der Waals surface area contributed by atoms with Crippen molar-refractivity contribution in [1.29, 1.82) is 0 Å². The fraction of sp³-hybridized carbons (Fsp3) is 0.588. The fourth-order valence-corrected chi connectivity index (χ4v) is 3.45. The maximum atomic E-state index is 12.2. The van der Waals surface area contributed by atoms with Crippen LogP contribution in [0.3, 0.4) is 0 Å². The Labute approximate surface area is 131 Å². The summed E-state index contributed by atoms with van der Waals surface area (Å²) in [7, 11) is 0. The van der Waals surface area contributed by atoms with Crippen LogP contribution in [0, 0.1) is 12.8 Å². The summed E-state index contributed by atoms with van der Waals surface area (Å²) >= 11 is 1.54. The van der Waals surface area contributed by atoms with E-state index in [0.717, 1.165) is 30.6 Å². The maximum absolute atomic E-state index is 12.2. The van der Waals surface area contributed by atoms with Crippen molar-refractivity contribution in [3.63, 3.8) is 0 Å². The molecular formula is C17H25NO2S. The van der Waals surface area contributed by atoms with Crippen molar-refractivity contribution in [2.45, 2.75) is 50.0 Å². The summed E-state index contributed by atoms with van der Waals surface area (Å²) in [6.45, 7) is 4.33. The molecule has 0 bridgehead atoms. The third-order valence-electron chi connectivity index (χ3n) is 4.33. The molecule has 0 spiro atoms. The predicted molar refractivity (Wildman–Crippen MR) is 87.5 cm³/mol. The Hall–Kier alpha value is -1.00. The molecule has 1 amide bonds. The van der Waals surface area contributed by atoms with E-state index in [4.69, 9.17) is 0 Å². The highest BCUT2D eigenvalue weighted by atomic mass is 32.2. The molecular weight excluding hydrogens is 282 g/mol. The molecule has 0 aliphatic heterocycles. The minimum Gasteiger partial charge on any atom is -0.394 e. The van der Waals surface area contributed by atoms with E-state index < -0.39 is 5.54 Å². The van der Waals surface area contributed by atoms with Gasteiger partial charge in [0.25, 0.3) is 0 Å². The van der Waals surface area contributed by atoms with Crippen LogP contribution in [0.5, 0.6) is 0 Å². The third kappa shape index (κ3) is 4.75. The summed E-state index contributed by atoms with van der Waals surface area (Å²) in [5, 5.41) is 12.7. The Kier molecular flexibility index (Phi) is 5.71. The van der Waals surface area contributed by atoms with Gasteiger partial charge in [0.1, 0.15) is 0 Å². The Morgan fingerprint density at radius 2 is 1.95 bits per heavy atom. The maximum Gasteiger partial charge on any atom is 0.230 e. The van der Waals surface area contributed by atoms with Crippen LogP contribution >= 0.6 is 11.8 Å². The predicted octanol–water partition coefficient (Wildman–Crippen LogP) is 3.14. The Balaban J connectivity index is 1.84. The van der Waals surface area contributed by atoms with E-state index in [1.807, 2.05) is 12.1 Å². The average molecular weight is 307 g/mol. The van der Waals surface area contributed by atoms with E-state index in [1.165, 1.54) is 5.56 Å². The first-order valence-electron chi connectivity index (χ1n) is 7.64. The number of aliphatic hydroxyl groups is 1. The molecule has 4 heteroatoms. The van der Waals surface area contributed by atoms with Crippen LogP contribution in [0.2, 0.25) is 0 Å². The van der Waals surface area contributed by atoms with E-state index in [2.05, 4.69) is 31.3 Å². The molecule has 1 aliphatic rings. The van der Waals surface area contributed by atoms with E-state index in [-0.39, 0.29) is 12.5 Å². The second-order valence-corrected chi connectivity index (χ2v) is 7.32. The number of amides is 1. The lowest BCUT2D eigenvalue weighted by atomic mass is 9.77. The first-order chi connectivity index (χ1) is 10.0. The molecule has 1 saturated carbocycles. The van der Waals surface area contributed by atoms with Crippen LogP contribution in [-0.4, -0.2) is 28.9 Å². The molecule has 0 aromatic heterocycles. The number of benzene rings is 1. The number of aliphatic hydroxyl groups excluding tert-OH is 1. The summed E-state index contributed by atoms with van der Waals surface area (Å²) in [5.74, 6) is 1.12. The number of aryl methyl sites for hydroxylation is 1. The van der Waals surface area contributed by atoms with Gasteiger partial charge in [-0.3, -0.25) is 4.79 Å². The van der Waals surface area contributed by atoms with Gasteiger partial charge >= 0.3 is 0 Å². The molecule has 1 aromatic carbocycles. The number of rotatable bonds is 5. The van der Waals surface area contributed by atoms with Gasteiger partial charge in [0, 0.05) is 4.90 Å². The lowest BCUT2D eigenvalue weighted by molar-refractivity contribution is -0.121. The van der Waals surface area contributed by atoms with Gasteiger partial charge in [-0.2, -0.15) is 0 Å². The average Bonchev–Trinajstić information content (AvgIpc) is 2.49. The highest BCUT2D eigenvalue weighted by Gasteiger charge is 2.34. The molecule has 116 valence electrons. The van der Waals surface area contributed by atoms with Crippen LogP contribution < -0.4 is 5.32 Å². The second-order valence-electron chi connectivity index (χ2n) is 6.27.